The van der Waals surface area contributed by atoms with Gasteiger partial charge in [0.2, 0.25) is 0 Å². The number of rotatable bonds is 5. The van der Waals surface area contributed by atoms with Gasteiger partial charge in [-0.15, -0.1) is 0 Å². The van der Waals surface area contributed by atoms with Gasteiger partial charge in [-0.3, -0.25) is 9.69 Å². The number of benzene rings is 2. The number of para-hydroxylation sites is 1. The molecule has 6 heteroatoms. The Bertz CT molecular complexity index is 1020. The van der Waals surface area contributed by atoms with E-state index < -0.39 is 0 Å². The molecule has 27 heavy (non-hydrogen) atoms. The van der Waals surface area contributed by atoms with Crippen LogP contribution in [-0.2, 0) is 4.79 Å². The number of hydrogen-bond donors (Lipinski definition) is 1. The molecule has 2 heterocycles. The lowest BCUT2D eigenvalue weighted by atomic mass is 10.2. The number of aliphatic imine (C=N–C) groups is 1. The van der Waals surface area contributed by atoms with E-state index in [-0.39, 0.29) is 5.91 Å². The zero-order chi connectivity index (χ0) is 18.6. The van der Waals surface area contributed by atoms with Gasteiger partial charge in [-0.05, 0) is 54.1 Å². The van der Waals surface area contributed by atoms with Gasteiger partial charge in [0.25, 0.3) is 5.91 Å². The Hall–Kier alpha value is -2.86. The molecule has 5 nitrogen and oxygen atoms in total. The Morgan fingerprint density at radius 1 is 1.22 bits per heavy atom. The van der Waals surface area contributed by atoms with E-state index in [1.54, 1.807) is 11.2 Å². The number of aromatic amines is 1. The van der Waals surface area contributed by atoms with Crippen LogP contribution in [0.3, 0.4) is 0 Å². The molecule has 0 unspecified atom stereocenters. The molecule has 1 fully saturated rings. The second kappa shape index (κ2) is 7.80. The molecule has 0 atom stereocenters. The number of nitrogens with one attached hydrogen (secondary N) is 1. The van der Waals surface area contributed by atoms with E-state index in [0.29, 0.717) is 11.4 Å². The standard InChI is InChI=1S/C21H20N4OS/c1-2-3-11-25-20(26)19(27-21(25)24-16-7-5-4-6-8-16)13-15-9-10-17-18(12-15)23-14-22-17/h4-10,12-14H,2-3,11H2,1H3,(H,22,23)/b19-13-,24-21-. The number of hydrogen-bond acceptors (Lipinski definition) is 4. The molecule has 4 rings (SSSR count). The third kappa shape index (κ3) is 3.80. The predicted octanol–water partition coefficient (Wildman–Crippen LogP) is 4.97. The van der Waals surface area contributed by atoms with Crippen LogP contribution in [0, 0.1) is 0 Å². The molecule has 0 bridgehead atoms. The number of unbranched alkanes of at least 4 members (excludes halogenated alkanes) is 1. The highest BCUT2D eigenvalue weighted by atomic mass is 32.2. The minimum Gasteiger partial charge on any atom is -0.345 e. The van der Waals surface area contributed by atoms with Gasteiger partial charge in [-0.1, -0.05) is 37.6 Å². The van der Waals surface area contributed by atoms with Crippen LogP contribution in [0.25, 0.3) is 17.1 Å². The van der Waals surface area contributed by atoms with Crippen molar-refractivity contribution in [2.75, 3.05) is 6.54 Å². The second-order valence-corrected chi connectivity index (χ2v) is 7.34. The Balaban J connectivity index is 1.67. The van der Waals surface area contributed by atoms with Gasteiger partial charge in [0.1, 0.15) is 0 Å². The van der Waals surface area contributed by atoms with Crippen LogP contribution in [0.1, 0.15) is 25.3 Å². The van der Waals surface area contributed by atoms with Crippen LogP contribution >= 0.6 is 11.8 Å². The molecule has 1 N–H and O–H groups in total. The molecule has 136 valence electrons. The number of fused-ring (bicyclic) bond motifs is 1. The summed E-state index contributed by atoms with van der Waals surface area (Å²) in [5, 5.41) is 0.742. The smallest absolute Gasteiger partial charge is 0.266 e. The lowest BCUT2D eigenvalue weighted by Crippen LogP contribution is -2.30. The van der Waals surface area contributed by atoms with Crippen LogP contribution in [-0.4, -0.2) is 32.5 Å². The quantitative estimate of drug-likeness (QED) is 0.640. The lowest BCUT2D eigenvalue weighted by molar-refractivity contribution is -0.122. The van der Waals surface area contributed by atoms with Gasteiger partial charge >= 0.3 is 0 Å². The SMILES string of the molecule is CCCCN1C(=O)/C(=C/c2ccc3[nH]cnc3c2)S/C1=N\c1ccccc1. The monoisotopic (exact) mass is 376 g/mol. The molecule has 1 amide bonds. The van der Waals surface area contributed by atoms with E-state index in [1.165, 1.54) is 11.8 Å². The third-order valence-corrected chi connectivity index (χ3v) is 5.35. The van der Waals surface area contributed by atoms with Crippen LogP contribution in [0.2, 0.25) is 0 Å². The number of amidine groups is 1. The van der Waals surface area contributed by atoms with E-state index >= 15 is 0 Å². The molecule has 0 aliphatic carbocycles. The van der Waals surface area contributed by atoms with E-state index in [2.05, 4.69) is 16.9 Å². The number of thioether (sulfide) groups is 1. The molecule has 3 aromatic rings. The second-order valence-electron chi connectivity index (χ2n) is 6.33. The van der Waals surface area contributed by atoms with Crippen molar-refractivity contribution < 1.29 is 4.79 Å². The highest BCUT2D eigenvalue weighted by molar-refractivity contribution is 8.18. The molecular weight excluding hydrogens is 356 g/mol. The van der Waals surface area contributed by atoms with Gasteiger partial charge in [-0.2, -0.15) is 0 Å². The van der Waals surface area contributed by atoms with Crippen molar-refractivity contribution >= 4 is 45.6 Å². The molecule has 1 aliphatic heterocycles. The fourth-order valence-electron chi connectivity index (χ4n) is 2.91. The first-order valence-electron chi connectivity index (χ1n) is 9.03. The molecule has 0 radical (unpaired) electrons. The number of carbonyl (C=O) groups excluding carboxylic acids is 1. The van der Waals surface area contributed by atoms with Crippen molar-refractivity contribution in [2.24, 2.45) is 4.99 Å². The van der Waals surface area contributed by atoms with Crippen molar-refractivity contribution in [3.8, 4) is 0 Å². The number of imidazole rings is 1. The highest BCUT2D eigenvalue weighted by Crippen LogP contribution is 2.34. The van der Waals surface area contributed by atoms with Crippen LogP contribution in [0.15, 0.2) is 64.8 Å². The number of aromatic nitrogens is 2. The van der Waals surface area contributed by atoms with Gasteiger partial charge in [-0.25, -0.2) is 9.98 Å². The first kappa shape index (κ1) is 17.5. The number of nitrogens with zero attached hydrogens (tertiary/aromatic N) is 3. The normalized spacial score (nSPS) is 17.5. The third-order valence-electron chi connectivity index (χ3n) is 4.35. The number of H-pyrrole nitrogens is 1. The minimum atomic E-state index is 0.0188. The summed E-state index contributed by atoms with van der Waals surface area (Å²) < 4.78 is 0. The summed E-state index contributed by atoms with van der Waals surface area (Å²) >= 11 is 1.43. The van der Waals surface area contributed by atoms with Gasteiger partial charge in [0, 0.05) is 6.54 Å². The van der Waals surface area contributed by atoms with Crippen molar-refractivity contribution in [3.05, 3.63) is 65.3 Å². The molecule has 1 aromatic heterocycles. The van der Waals surface area contributed by atoms with Crippen molar-refractivity contribution in [1.82, 2.24) is 14.9 Å². The summed E-state index contributed by atoms with van der Waals surface area (Å²) in [6.07, 6.45) is 5.58. The Morgan fingerprint density at radius 3 is 2.89 bits per heavy atom. The maximum Gasteiger partial charge on any atom is 0.266 e. The average molecular weight is 376 g/mol. The maximum absolute atomic E-state index is 13.0. The number of carbonyl (C=O) groups is 1. The van der Waals surface area contributed by atoms with Gasteiger partial charge in [0.05, 0.1) is 28.0 Å². The first-order valence-corrected chi connectivity index (χ1v) is 9.84. The van der Waals surface area contributed by atoms with Crippen LogP contribution in [0.4, 0.5) is 5.69 Å². The summed E-state index contributed by atoms with van der Waals surface area (Å²) in [4.78, 5) is 27.5. The Morgan fingerprint density at radius 2 is 2.07 bits per heavy atom. The van der Waals surface area contributed by atoms with Crippen molar-refractivity contribution in [3.63, 3.8) is 0 Å². The summed E-state index contributed by atoms with van der Waals surface area (Å²) in [5.41, 5.74) is 3.69. The van der Waals surface area contributed by atoms with Gasteiger partial charge < -0.3 is 4.98 Å². The Labute approximate surface area is 162 Å². The van der Waals surface area contributed by atoms with E-state index in [1.807, 2.05) is 54.6 Å². The zero-order valence-electron chi connectivity index (χ0n) is 15.1. The molecule has 1 aliphatic rings. The molecule has 0 spiro atoms. The average Bonchev–Trinajstić information content (AvgIpc) is 3.26. The van der Waals surface area contributed by atoms with Crippen molar-refractivity contribution in [2.45, 2.75) is 19.8 Å². The Kier molecular flexibility index (Phi) is 5.07. The first-order chi connectivity index (χ1) is 13.2. The fourth-order valence-corrected chi connectivity index (χ4v) is 3.93. The molecular formula is C21H20N4OS. The van der Waals surface area contributed by atoms with Gasteiger partial charge in [0.15, 0.2) is 5.17 Å². The summed E-state index contributed by atoms with van der Waals surface area (Å²) in [5.74, 6) is 0.0188. The van der Waals surface area contributed by atoms with Crippen LogP contribution in [0.5, 0.6) is 0 Å². The zero-order valence-corrected chi connectivity index (χ0v) is 15.9. The topological polar surface area (TPSA) is 61.4 Å². The fraction of sp³-hybridized carbons (Fsp3) is 0.190. The largest absolute Gasteiger partial charge is 0.345 e. The van der Waals surface area contributed by atoms with E-state index in [9.17, 15) is 4.79 Å². The molecule has 1 saturated heterocycles. The minimum absolute atomic E-state index is 0.0188. The van der Waals surface area contributed by atoms with Crippen molar-refractivity contribution in [1.29, 1.82) is 0 Å². The summed E-state index contributed by atoms with van der Waals surface area (Å²) in [7, 11) is 0. The molecule has 2 aromatic carbocycles. The van der Waals surface area contributed by atoms with E-state index in [4.69, 9.17) is 4.99 Å². The highest BCUT2D eigenvalue weighted by Gasteiger charge is 2.32. The maximum atomic E-state index is 13.0. The lowest BCUT2D eigenvalue weighted by Gasteiger charge is -2.14. The summed E-state index contributed by atoms with van der Waals surface area (Å²) in [6.45, 7) is 2.81. The number of amides is 1. The summed E-state index contributed by atoms with van der Waals surface area (Å²) in [6, 6.07) is 15.7. The van der Waals surface area contributed by atoms with Crippen LogP contribution < -0.4 is 0 Å². The van der Waals surface area contributed by atoms with E-state index in [0.717, 1.165) is 40.3 Å². The molecule has 0 saturated carbocycles. The predicted molar refractivity (Wildman–Crippen MR) is 112 cm³/mol.